The first-order chi connectivity index (χ1) is 19.8. The van der Waals surface area contributed by atoms with Crippen molar-refractivity contribution in [2.24, 2.45) is 0 Å². The Labute approximate surface area is 243 Å². The molecule has 0 saturated carbocycles. The average molecular weight is 582 g/mol. The van der Waals surface area contributed by atoms with Crippen LogP contribution in [0, 0.1) is 0 Å². The summed E-state index contributed by atoms with van der Waals surface area (Å²) in [5.41, 5.74) is 0.991. The van der Waals surface area contributed by atoms with Gasteiger partial charge in [0, 0.05) is 13.1 Å². The lowest BCUT2D eigenvalue weighted by Crippen LogP contribution is -2.52. The topological polar surface area (TPSA) is 105 Å². The van der Waals surface area contributed by atoms with Crippen LogP contribution in [-0.4, -0.2) is 58.5 Å². The fraction of sp³-hybridized carbons (Fsp3) is 0.355. The van der Waals surface area contributed by atoms with Crippen molar-refractivity contribution in [3.63, 3.8) is 0 Å². The van der Waals surface area contributed by atoms with Crippen LogP contribution in [0.5, 0.6) is 11.5 Å². The summed E-state index contributed by atoms with van der Waals surface area (Å²) in [5, 5.41) is 2.93. The van der Waals surface area contributed by atoms with Crippen molar-refractivity contribution in [2.75, 3.05) is 31.6 Å². The first-order valence-electron chi connectivity index (χ1n) is 13.7. The van der Waals surface area contributed by atoms with Crippen molar-refractivity contribution >= 4 is 27.5 Å². The van der Waals surface area contributed by atoms with Gasteiger partial charge in [-0.3, -0.25) is 13.9 Å². The molecule has 2 amide bonds. The van der Waals surface area contributed by atoms with E-state index in [1.807, 2.05) is 26.0 Å². The van der Waals surface area contributed by atoms with Crippen LogP contribution >= 0.6 is 0 Å². The number of hydrogen-bond acceptors (Lipinski definition) is 6. The number of nitrogens with one attached hydrogen (secondary N) is 1. The molecule has 220 valence electrons. The highest BCUT2D eigenvalue weighted by atomic mass is 32.2. The first-order valence-corrected chi connectivity index (χ1v) is 15.1. The molecule has 0 saturated heterocycles. The molecule has 0 aliphatic heterocycles. The van der Waals surface area contributed by atoms with E-state index in [1.54, 1.807) is 61.7 Å². The second kappa shape index (κ2) is 15.1. The van der Waals surface area contributed by atoms with Gasteiger partial charge in [0.05, 0.1) is 24.8 Å². The fourth-order valence-corrected chi connectivity index (χ4v) is 5.87. The van der Waals surface area contributed by atoms with E-state index in [9.17, 15) is 18.0 Å². The minimum Gasteiger partial charge on any atom is -0.497 e. The molecule has 0 aromatic heterocycles. The summed E-state index contributed by atoms with van der Waals surface area (Å²) < 4.78 is 39.7. The SMILES string of the molecule is CCCCNC(=O)C(CC)N(Cc1ccc(OC)cc1)C(=O)CN(c1ccccc1OC)S(=O)(=O)c1ccccc1. The van der Waals surface area contributed by atoms with Crippen LogP contribution in [0.3, 0.4) is 0 Å². The number of carbonyl (C=O) groups excluding carboxylic acids is 2. The molecule has 0 heterocycles. The van der Waals surface area contributed by atoms with Crippen molar-refractivity contribution in [3.05, 3.63) is 84.4 Å². The Kier molecular flexibility index (Phi) is 11.6. The maximum absolute atomic E-state index is 14.1. The van der Waals surface area contributed by atoms with Crippen molar-refractivity contribution in [2.45, 2.75) is 50.6 Å². The summed E-state index contributed by atoms with van der Waals surface area (Å²) in [6.07, 6.45) is 2.07. The zero-order valence-electron chi connectivity index (χ0n) is 24.1. The molecule has 0 aliphatic rings. The van der Waals surface area contributed by atoms with Crippen molar-refractivity contribution in [1.29, 1.82) is 0 Å². The summed E-state index contributed by atoms with van der Waals surface area (Å²) in [6, 6.07) is 21.0. The van der Waals surface area contributed by atoms with Gasteiger partial charge >= 0.3 is 0 Å². The number of nitrogens with zero attached hydrogens (tertiary/aromatic N) is 2. The molecule has 1 N–H and O–H groups in total. The average Bonchev–Trinajstić information content (AvgIpc) is 3.00. The molecule has 0 fully saturated rings. The zero-order chi connectivity index (χ0) is 29.8. The number of ether oxygens (including phenoxy) is 2. The molecule has 10 heteroatoms. The minimum atomic E-state index is -4.18. The van der Waals surface area contributed by atoms with E-state index in [-0.39, 0.29) is 23.0 Å². The number of sulfonamides is 1. The van der Waals surface area contributed by atoms with Crippen LogP contribution in [-0.2, 0) is 26.2 Å². The maximum Gasteiger partial charge on any atom is 0.264 e. The Bertz CT molecular complexity index is 1380. The lowest BCUT2D eigenvalue weighted by Gasteiger charge is -2.33. The number of amides is 2. The van der Waals surface area contributed by atoms with E-state index in [0.29, 0.717) is 24.5 Å². The molecule has 41 heavy (non-hydrogen) atoms. The Morgan fingerprint density at radius 2 is 1.54 bits per heavy atom. The number of hydrogen-bond donors (Lipinski definition) is 1. The third kappa shape index (κ3) is 8.00. The highest BCUT2D eigenvalue weighted by Gasteiger charge is 2.34. The van der Waals surface area contributed by atoms with Gasteiger partial charge in [0.1, 0.15) is 24.1 Å². The summed E-state index contributed by atoms with van der Waals surface area (Å²) in [6.45, 7) is 3.92. The molecule has 1 atom stereocenters. The standard InChI is InChI=1S/C31H39N3O6S/c1-5-7-21-32-31(36)27(6-2)33(22-24-17-19-25(39-3)20-18-24)30(35)23-34(28-15-11-12-16-29(28)40-4)41(37,38)26-13-9-8-10-14-26/h8-20,27H,5-7,21-23H2,1-4H3,(H,32,36). The quantitative estimate of drug-likeness (QED) is 0.263. The molecular weight excluding hydrogens is 542 g/mol. The summed E-state index contributed by atoms with van der Waals surface area (Å²) in [7, 11) is -1.17. The lowest BCUT2D eigenvalue weighted by molar-refractivity contribution is -0.140. The van der Waals surface area contributed by atoms with Crippen molar-refractivity contribution in [3.8, 4) is 11.5 Å². The van der Waals surface area contributed by atoms with E-state index < -0.39 is 28.5 Å². The van der Waals surface area contributed by atoms with Gasteiger partial charge in [-0.25, -0.2) is 8.42 Å². The van der Waals surface area contributed by atoms with E-state index in [4.69, 9.17) is 9.47 Å². The van der Waals surface area contributed by atoms with Crippen LogP contribution in [0.4, 0.5) is 5.69 Å². The molecule has 0 bridgehead atoms. The number of benzene rings is 3. The molecule has 0 radical (unpaired) electrons. The first kappa shape index (κ1) is 31.5. The molecule has 0 spiro atoms. The minimum absolute atomic E-state index is 0.0322. The normalized spacial score (nSPS) is 11.8. The highest BCUT2D eigenvalue weighted by molar-refractivity contribution is 7.92. The third-order valence-electron chi connectivity index (χ3n) is 6.69. The smallest absolute Gasteiger partial charge is 0.264 e. The molecule has 1 unspecified atom stereocenters. The number of unbranched alkanes of at least 4 members (excludes halogenated alkanes) is 1. The highest BCUT2D eigenvalue weighted by Crippen LogP contribution is 2.32. The second-order valence-corrected chi connectivity index (χ2v) is 11.3. The van der Waals surface area contributed by atoms with Gasteiger partial charge in [-0.05, 0) is 54.8 Å². The molecule has 3 rings (SSSR count). The summed E-state index contributed by atoms with van der Waals surface area (Å²) in [4.78, 5) is 28.9. The molecule has 0 aliphatic carbocycles. The van der Waals surface area contributed by atoms with Crippen LogP contribution in [0.15, 0.2) is 83.8 Å². The van der Waals surface area contributed by atoms with Crippen molar-refractivity contribution in [1.82, 2.24) is 10.2 Å². The van der Waals surface area contributed by atoms with Gasteiger partial charge in [0.15, 0.2) is 0 Å². The number of methoxy groups -OCH3 is 2. The van der Waals surface area contributed by atoms with Gasteiger partial charge in [0.2, 0.25) is 11.8 Å². The Morgan fingerprint density at radius 3 is 2.15 bits per heavy atom. The van der Waals surface area contributed by atoms with Gasteiger partial charge in [-0.1, -0.05) is 62.7 Å². The zero-order valence-corrected chi connectivity index (χ0v) is 24.9. The van der Waals surface area contributed by atoms with Gasteiger partial charge < -0.3 is 19.7 Å². The number of anilines is 1. The monoisotopic (exact) mass is 581 g/mol. The van der Waals surface area contributed by atoms with Crippen LogP contribution in [0.1, 0.15) is 38.7 Å². The molecule has 3 aromatic carbocycles. The Balaban J connectivity index is 2.05. The van der Waals surface area contributed by atoms with E-state index in [2.05, 4.69) is 5.32 Å². The number of rotatable bonds is 15. The van der Waals surface area contributed by atoms with Gasteiger partial charge in [0.25, 0.3) is 10.0 Å². The second-order valence-electron chi connectivity index (χ2n) is 9.43. The Morgan fingerprint density at radius 1 is 0.878 bits per heavy atom. The Hall–Kier alpha value is -4.05. The predicted octanol–water partition coefficient (Wildman–Crippen LogP) is 4.62. The van der Waals surface area contributed by atoms with Gasteiger partial charge in [-0.15, -0.1) is 0 Å². The molecular formula is C31H39N3O6S. The largest absolute Gasteiger partial charge is 0.497 e. The number of carbonyl (C=O) groups is 2. The van der Waals surface area contributed by atoms with E-state index in [0.717, 1.165) is 22.7 Å². The maximum atomic E-state index is 14.1. The third-order valence-corrected chi connectivity index (χ3v) is 8.47. The predicted molar refractivity (Wildman–Crippen MR) is 160 cm³/mol. The lowest BCUT2D eigenvalue weighted by atomic mass is 10.1. The van der Waals surface area contributed by atoms with E-state index in [1.165, 1.54) is 24.1 Å². The van der Waals surface area contributed by atoms with Gasteiger partial charge in [-0.2, -0.15) is 0 Å². The fourth-order valence-electron chi connectivity index (χ4n) is 4.42. The van der Waals surface area contributed by atoms with Crippen LogP contribution < -0.4 is 19.1 Å². The van der Waals surface area contributed by atoms with Crippen LogP contribution in [0.2, 0.25) is 0 Å². The summed E-state index contributed by atoms with van der Waals surface area (Å²) in [5.74, 6) is 0.152. The van der Waals surface area contributed by atoms with Crippen LogP contribution in [0.25, 0.3) is 0 Å². The summed E-state index contributed by atoms with van der Waals surface area (Å²) >= 11 is 0. The number of para-hydroxylation sites is 2. The van der Waals surface area contributed by atoms with Crippen molar-refractivity contribution < 1.29 is 27.5 Å². The molecule has 9 nitrogen and oxygen atoms in total. The molecule has 3 aromatic rings. The van der Waals surface area contributed by atoms with E-state index >= 15 is 0 Å².